The fraction of sp³-hybridized carbons (Fsp3) is 0.615. The van der Waals surface area contributed by atoms with Crippen LogP contribution in [0.2, 0.25) is 0 Å². The Morgan fingerprint density at radius 3 is 2.61 bits per heavy atom. The third-order valence-electron chi connectivity index (χ3n) is 2.77. The van der Waals surface area contributed by atoms with Crippen LogP contribution < -0.4 is 5.32 Å². The summed E-state index contributed by atoms with van der Waals surface area (Å²) in [5.74, 6) is -0.318. The molecule has 1 rings (SSSR count). The quantitative estimate of drug-likeness (QED) is 0.777. The standard InChI is InChI=1S/C13H21N3O2/c1-5-7-16-13(4,12(17)18-6-2)11-10(3)14-8-9-15-11/h8-9,16H,5-7H2,1-4H3. The molecule has 0 amide bonds. The van der Waals surface area contributed by atoms with Gasteiger partial charge in [-0.15, -0.1) is 0 Å². The minimum Gasteiger partial charge on any atom is -0.464 e. The molecular formula is C13H21N3O2. The Morgan fingerprint density at radius 2 is 2.06 bits per heavy atom. The molecule has 1 N–H and O–H groups in total. The van der Waals surface area contributed by atoms with E-state index in [0.717, 1.165) is 12.1 Å². The lowest BCUT2D eigenvalue weighted by atomic mass is 9.95. The maximum Gasteiger partial charge on any atom is 0.332 e. The van der Waals surface area contributed by atoms with E-state index in [2.05, 4.69) is 15.3 Å². The first-order chi connectivity index (χ1) is 8.56. The highest BCUT2D eigenvalue weighted by atomic mass is 16.5. The lowest BCUT2D eigenvalue weighted by molar-refractivity contribution is -0.151. The van der Waals surface area contributed by atoms with Crippen LogP contribution in [-0.4, -0.2) is 29.1 Å². The largest absolute Gasteiger partial charge is 0.464 e. The molecule has 0 aromatic carbocycles. The number of hydrogen-bond acceptors (Lipinski definition) is 5. The Morgan fingerprint density at radius 1 is 1.39 bits per heavy atom. The zero-order chi connectivity index (χ0) is 13.6. The van der Waals surface area contributed by atoms with Gasteiger partial charge in [0, 0.05) is 12.4 Å². The molecule has 0 fully saturated rings. The minimum atomic E-state index is -0.940. The first-order valence-corrected chi connectivity index (χ1v) is 6.26. The predicted octanol–water partition coefficient (Wildman–Crippen LogP) is 1.56. The molecule has 0 spiro atoms. The molecule has 1 heterocycles. The van der Waals surface area contributed by atoms with E-state index in [4.69, 9.17) is 4.74 Å². The number of carbonyl (C=O) groups excluding carboxylic acids is 1. The summed E-state index contributed by atoms with van der Waals surface area (Å²) in [4.78, 5) is 20.6. The molecule has 0 aliphatic heterocycles. The van der Waals surface area contributed by atoms with Crippen molar-refractivity contribution in [2.24, 2.45) is 0 Å². The normalized spacial score (nSPS) is 14.0. The molecule has 100 valence electrons. The van der Waals surface area contributed by atoms with Crippen molar-refractivity contribution >= 4 is 5.97 Å². The van der Waals surface area contributed by atoms with E-state index < -0.39 is 5.54 Å². The highest BCUT2D eigenvalue weighted by Gasteiger charge is 2.39. The van der Waals surface area contributed by atoms with E-state index >= 15 is 0 Å². The molecule has 0 aliphatic rings. The van der Waals surface area contributed by atoms with Gasteiger partial charge in [-0.1, -0.05) is 6.92 Å². The monoisotopic (exact) mass is 251 g/mol. The number of hydrogen-bond donors (Lipinski definition) is 1. The average Bonchev–Trinajstić information content (AvgIpc) is 2.36. The maximum atomic E-state index is 12.2. The van der Waals surface area contributed by atoms with Crippen molar-refractivity contribution in [2.75, 3.05) is 13.2 Å². The van der Waals surface area contributed by atoms with Crippen LogP contribution in [0.4, 0.5) is 0 Å². The van der Waals surface area contributed by atoms with Crippen molar-refractivity contribution in [1.29, 1.82) is 0 Å². The number of esters is 1. The second-order valence-electron chi connectivity index (χ2n) is 4.26. The molecule has 1 aromatic rings. The zero-order valence-electron chi connectivity index (χ0n) is 11.5. The van der Waals surface area contributed by atoms with Crippen LogP contribution in [0.15, 0.2) is 12.4 Å². The van der Waals surface area contributed by atoms with Crippen molar-refractivity contribution in [1.82, 2.24) is 15.3 Å². The van der Waals surface area contributed by atoms with Crippen LogP contribution >= 0.6 is 0 Å². The molecule has 0 radical (unpaired) electrons. The molecule has 1 unspecified atom stereocenters. The molecule has 18 heavy (non-hydrogen) atoms. The Labute approximate surface area is 108 Å². The van der Waals surface area contributed by atoms with Crippen molar-refractivity contribution < 1.29 is 9.53 Å². The van der Waals surface area contributed by atoms with E-state index in [9.17, 15) is 4.79 Å². The van der Waals surface area contributed by atoms with Gasteiger partial charge >= 0.3 is 5.97 Å². The SMILES string of the molecule is CCCNC(C)(C(=O)OCC)c1nccnc1C. The fourth-order valence-electron chi connectivity index (χ4n) is 1.80. The van der Waals surface area contributed by atoms with Crippen molar-refractivity contribution in [3.8, 4) is 0 Å². The minimum absolute atomic E-state index is 0.318. The summed E-state index contributed by atoms with van der Waals surface area (Å²) in [6, 6.07) is 0. The van der Waals surface area contributed by atoms with Crippen molar-refractivity contribution in [3.63, 3.8) is 0 Å². The van der Waals surface area contributed by atoms with Gasteiger partial charge in [0.05, 0.1) is 18.0 Å². The van der Waals surface area contributed by atoms with Gasteiger partial charge in [0.2, 0.25) is 0 Å². The van der Waals surface area contributed by atoms with Gasteiger partial charge in [-0.2, -0.15) is 0 Å². The number of carbonyl (C=O) groups is 1. The van der Waals surface area contributed by atoms with Crippen molar-refractivity contribution in [3.05, 3.63) is 23.8 Å². The number of nitrogens with one attached hydrogen (secondary N) is 1. The molecule has 5 nitrogen and oxygen atoms in total. The summed E-state index contributed by atoms with van der Waals surface area (Å²) in [5, 5.41) is 3.21. The number of aromatic nitrogens is 2. The van der Waals surface area contributed by atoms with E-state index in [1.807, 2.05) is 13.8 Å². The molecule has 1 aromatic heterocycles. The predicted molar refractivity (Wildman–Crippen MR) is 69.0 cm³/mol. The molecule has 0 bridgehead atoms. The summed E-state index contributed by atoms with van der Waals surface area (Å²) in [6.45, 7) is 8.53. The van der Waals surface area contributed by atoms with Gasteiger partial charge in [0.25, 0.3) is 0 Å². The van der Waals surface area contributed by atoms with Gasteiger partial charge in [-0.25, -0.2) is 4.79 Å². The van der Waals surface area contributed by atoms with Crippen LogP contribution in [0.25, 0.3) is 0 Å². The third-order valence-corrected chi connectivity index (χ3v) is 2.77. The van der Waals surface area contributed by atoms with Gasteiger partial charge < -0.3 is 4.74 Å². The Kier molecular flexibility index (Phi) is 5.22. The van der Waals surface area contributed by atoms with Crippen LogP contribution in [-0.2, 0) is 15.1 Å². The van der Waals surface area contributed by atoms with Gasteiger partial charge in [-0.05, 0) is 33.7 Å². The second-order valence-corrected chi connectivity index (χ2v) is 4.26. The topological polar surface area (TPSA) is 64.1 Å². The number of ether oxygens (including phenoxy) is 1. The second kappa shape index (κ2) is 6.44. The Balaban J connectivity index is 3.11. The van der Waals surface area contributed by atoms with Crippen LogP contribution in [0.1, 0.15) is 38.6 Å². The summed E-state index contributed by atoms with van der Waals surface area (Å²) < 4.78 is 5.14. The molecular weight excluding hydrogens is 230 g/mol. The molecule has 0 saturated carbocycles. The molecule has 0 aliphatic carbocycles. The van der Waals surface area contributed by atoms with Gasteiger partial charge in [0.15, 0.2) is 5.54 Å². The van der Waals surface area contributed by atoms with Crippen LogP contribution in [0.3, 0.4) is 0 Å². The lowest BCUT2D eigenvalue weighted by Crippen LogP contribution is -2.49. The smallest absolute Gasteiger partial charge is 0.332 e. The van der Waals surface area contributed by atoms with Crippen LogP contribution in [0.5, 0.6) is 0 Å². The average molecular weight is 251 g/mol. The van der Waals surface area contributed by atoms with E-state index in [0.29, 0.717) is 18.8 Å². The summed E-state index contributed by atoms with van der Waals surface area (Å²) in [7, 11) is 0. The fourth-order valence-corrected chi connectivity index (χ4v) is 1.80. The molecule has 0 saturated heterocycles. The number of rotatable bonds is 6. The van der Waals surface area contributed by atoms with Crippen molar-refractivity contribution in [2.45, 2.75) is 39.7 Å². The Hall–Kier alpha value is -1.49. The Bertz CT molecular complexity index is 409. The van der Waals surface area contributed by atoms with Gasteiger partial charge in [0.1, 0.15) is 0 Å². The summed E-state index contributed by atoms with van der Waals surface area (Å²) in [5.41, 5.74) is 0.415. The highest BCUT2D eigenvalue weighted by molar-refractivity contribution is 5.81. The molecule has 1 atom stereocenters. The summed E-state index contributed by atoms with van der Waals surface area (Å²) >= 11 is 0. The lowest BCUT2D eigenvalue weighted by Gasteiger charge is -2.28. The first-order valence-electron chi connectivity index (χ1n) is 6.26. The van der Waals surface area contributed by atoms with E-state index in [1.54, 1.807) is 26.2 Å². The number of aryl methyl sites for hydroxylation is 1. The zero-order valence-corrected chi connectivity index (χ0v) is 11.5. The van der Waals surface area contributed by atoms with E-state index in [-0.39, 0.29) is 5.97 Å². The third kappa shape index (κ3) is 3.04. The molecule has 5 heteroatoms. The number of nitrogens with zero attached hydrogens (tertiary/aromatic N) is 2. The first kappa shape index (κ1) is 14.6. The summed E-state index contributed by atoms with van der Waals surface area (Å²) in [6.07, 6.45) is 4.13. The maximum absolute atomic E-state index is 12.2. The van der Waals surface area contributed by atoms with Crippen LogP contribution in [0, 0.1) is 6.92 Å². The van der Waals surface area contributed by atoms with E-state index in [1.165, 1.54) is 0 Å². The highest BCUT2D eigenvalue weighted by Crippen LogP contribution is 2.22. The van der Waals surface area contributed by atoms with Gasteiger partial charge in [-0.3, -0.25) is 15.3 Å².